The van der Waals surface area contributed by atoms with Crippen molar-refractivity contribution < 1.29 is 4.79 Å². The van der Waals surface area contributed by atoms with E-state index in [0.717, 1.165) is 22.4 Å². The third kappa shape index (κ3) is 3.92. The van der Waals surface area contributed by atoms with Crippen LogP contribution in [0.5, 0.6) is 0 Å². The van der Waals surface area contributed by atoms with Crippen molar-refractivity contribution >= 4 is 16.9 Å². The summed E-state index contributed by atoms with van der Waals surface area (Å²) in [5.74, 6) is 0.776. The molecule has 0 saturated carbocycles. The third-order valence-corrected chi connectivity index (χ3v) is 5.27. The Kier molecular flexibility index (Phi) is 5.17. The number of carbonyl (C=O) groups excluding carboxylic acids is 1. The van der Waals surface area contributed by atoms with E-state index in [4.69, 9.17) is 4.98 Å². The number of imidazole rings is 1. The molecule has 1 amide bonds. The maximum Gasteiger partial charge on any atom is 0.252 e. The molecule has 0 saturated heterocycles. The number of nitrogens with zero attached hydrogens (tertiary/aromatic N) is 2. The van der Waals surface area contributed by atoms with Gasteiger partial charge in [0.25, 0.3) is 5.91 Å². The molecule has 1 atom stereocenters. The number of aryl methyl sites for hydroxylation is 2. The Morgan fingerprint density at radius 1 is 0.966 bits per heavy atom. The highest BCUT2D eigenvalue weighted by atomic mass is 16.1. The number of para-hydroxylation sites is 2. The van der Waals surface area contributed by atoms with Crippen LogP contribution < -0.4 is 5.32 Å². The molecule has 3 aromatic carbocycles. The summed E-state index contributed by atoms with van der Waals surface area (Å²) < 4.78 is 2.20. The van der Waals surface area contributed by atoms with Crippen molar-refractivity contribution in [3.63, 3.8) is 0 Å². The zero-order valence-electron chi connectivity index (χ0n) is 17.0. The molecule has 0 unspecified atom stereocenters. The molecule has 29 heavy (non-hydrogen) atoms. The van der Waals surface area contributed by atoms with E-state index in [1.54, 1.807) is 0 Å². The Bertz CT molecular complexity index is 1160. The Hall–Kier alpha value is -3.40. The van der Waals surface area contributed by atoms with Crippen LogP contribution in [0.1, 0.15) is 45.8 Å². The van der Waals surface area contributed by atoms with Gasteiger partial charge in [-0.25, -0.2) is 4.98 Å². The van der Waals surface area contributed by atoms with Gasteiger partial charge in [-0.15, -0.1) is 0 Å². The number of amides is 1. The van der Waals surface area contributed by atoms with Crippen molar-refractivity contribution in [2.75, 3.05) is 0 Å². The first-order chi connectivity index (χ1) is 14.0. The highest BCUT2D eigenvalue weighted by Crippen LogP contribution is 2.23. The lowest BCUT2D eigenvalue weighted by atomic mass is 10.1. The topological polar surface area (TPSA) is 46.9 Å². The molecule has 0 aliphatic carbocycles. The summed E-state index contributed by atoms with van der Waals surface area (Å²) in [4.78, 5) is 17.7. The van der Waals surface area contributed by atoms with Crippen molar-refractivity contribution in [3.8, 4) is 0 Å². The molecule has 0 spiro atoms. The molecule has 4 heteroatoms. The Morgan fingerprint density at radius 2 is 1.66 bits per heavy atom. The predicted octanol–water partition coefficient (Wildman–Crippen LogP) is 5.19. The molecule has 0 fully saturated rings. The fourth-order valence-corrected chi connectivity index (χ4v) is 3.63. The van der Waals surface area contributed by atoms with E-state index in [0.29, 0.717) is 12.1 Å². The van der Waals surface area contributed by atoms with Crippen molar-refractivity contribution in [1.82, 2.24) is 14.9 Å². The standard InChI is InChI=1S/C25H25N3O/c1-17-12-14-20(15-13-17)16-28-23-11-7-6-10-22(23)27-24(28)19(3)26-25(29)21-9-5-4-8-18(21)2/h4-15,19H,16H2,1-3H3,(H,26,29)/t19-/m1/s1. The molecule has 4 rings (SSSR count). The monoisotopic (exact) mass is 383 g/mol. The summed E-state index contributed by atoms with van der Waals surface area (Å²) in [6, 6.07) is 24.1. The number of benzene rings is 3. The van der Waals surface area contributed by atoms with Crippen LogP contribution in [0.25, 0.3) is 11.0 Å². The normalized spacial score (nSPS) is 12.1. The van der Waals surface area contributed by atoms with E-state index in [1.807, 2.05) is 56.3 Å². The van der Waals surface area contributed by atoms with Gasteiger partial charge in [0.15, 0.2) is 0 Å². The van der Waals surface area contributed by atoms with Crippen LogP contribution in [-0.2, 0) is 6.54 Å². The van der Waals surface area contributed by atoms with Gasteiger partial charge in [0.2, 0.25) is 0 Å². The van der Waals surface area contributed by atoms with Crippen LogP contribution in [-0.4, -0.2) is 15.5 Å². The van der Waals surface area contributed by atoms with Gasteiger partial charge in [-0.05, 0) is 50.1 Å². The highest BCUT2D eigenvalue weighted by Gasteiger charge is 2.20. The minimum absolute atomic E-state index is 0.0791. The number of rotatable bonds is 5. The van der Waals surface area contributed by atoms with Gasteiger partial charge in [-0.3, -0.25) is 4.79 Å². The predicted molar refractivity (Wildman–Crippen MR) is 117 cm³/mol. The van der Waals surface area contributed by atoms with E-state index >= 15 is 0 Å². The molecule has 1 N–H and O–H groups in total. The van der Waals surface area contributed by atoms with E-state index < -0.39 is 0 Å². The van der Waals surface area contributed by atoms with Crippen LogP contribution in [0.2, 0.25) is 0 Å². The molecule has 0 aliphatic heterocycles. The molecule has 4 aromatic rings. The molecular formula is C25H25N3O. The third-order valence-electron chi connectivity index (χ3n) is 5.27. The zero-order valence-corrected chi connectivity index (χ0v) is 17.0. The second kappa shape index (κ2) is 7.92. The van der Waals surface area contributed by atoms with E-state index in [2.05, 4.69) is 47.1 Å². The van der Waals surface area contributed by atoms with Gasteiger partial charge in [-0.1, -0.05) is 60.2 Å². The average Bonchev–Trinajstić information content (AvgIpc) is 3.08. The molecule has 0 bridgehead atoms. The first kappa shape index (κ1) is 18.9. The van der Waals surface area contributed by atoms with E-state index in [1.165, 1.54) is 11.1 Å². The Morgan fingerprint density at radius 3 is 2.41 bits per heavy atom. The lowest BCUT2D eigenvalue weighted by Gasteiger charge is -2.17. The largest absolute Gasteiger partial charge is 0.342 e. The highest BCUT2D eigenvalue weighted by molar-refractivity contribution is 5.95. The minimum atomic E-state index is -0.222. The van der Waals surface area contributed by atoms with Gasteiger partial charge in [0.05, 0.1) is 17.1 Å². The number of hydrogen-bond donors (Lipinski definition) is 1. The van der Waals surface area contributed by atoms with Crippen LogP contribution in [0.4, 0.5) is 0 Å². The summed E-state index contributed by atoms with van der Waals surface area (Å²) in [5, 5.41) is 3.13. The SMILES string of the molecule is Cc1ccc(Cn2c([C@@H](C)NC(=O)c3ccccc3C)nc3ccccc32)cc1. The number of fused-ring (bicyclic) bond motifs is 1. The van der Waals surface area contributed by atoms with Crippen LogP contribution >= 0.6 is 0 Å². The maximum atomic E-state index is 12.8. The van der Waals surface area contributed by atoms with Gasteiger partial charge in [-0.2, -0.15) is 0 Å². The van der Waals surface area contributed by atoms with Gasteiger partial charge in [0, 0.05) is 12.1 Å². The lowest BCUT2D eigenvalue weighted by molar-refractivity contribution is 0.0937. The van der Waals surface area contributed by atoms with Crippen molar-refractivity contribution in [2.45, 2.75) is 33.4 Å². The first-order valence-corrected chi connectivity index (χ1v) is 9.90. The minimum Gasteiger partial charge on any atom is -0.342 e. The Balaban J connectivity index is 1.68. The molecular weight excluding hydrogens is 358 g/mol. The van der Waals surface area contributed by atoms with Crippen molar-refractivity contribution in [3.05, 3.63) is 101 Å². The number of carbonyl (C=O) groups is 1. The summed E-state index contributed by atoms with van der Waals surface area (Å²) in [6.45, 7) is 6.74. The second-order valence-corrected chi connectivity index (χ2v) is 7.54. The van der Waals surface area contributed by atoms with Gasteiger partial charge >= 0.3 is 0 Å². The number of aromatic nitrogens is 2. The van der Waals surface area contributed by atoms with Gasteiger partial charge in [0.1, 0.15) is 5.82 Å². The van der Waals surface area contributed by atoms with Crippen molar-refractivity contribution in [1.29, 1.82) is 0 Å². The molecule has 1 heterocycles. The van der Waals surface area contributed by atoms with E-state index in [-0.39, 0.29) is 11.9 Å². The maximum absolute atomic E-state index is 12.8. The van der Waals surface area contributed by atoms with E-state index in [9.17, 15) is 4.79 Å². The molecule has 0 radical (unpaired) electrons. The van der Waals surface area contributed by atoms with Crippen LogP contribution in [0.3, 0.4) is 0 Å². The molecule has 146 valence electrons. The lowest BCUT2D eigenvalue weighted by Crippen LogP contribution is -2.29. The van der Waals surface area contributed by atoms with Crippen LogP contribution in [0.15, 0.2) is 72.8 Å². The number of hydrogen-bond acceptors (Lipinski definition) is 2. The van der Waals surface area contributed by atoms with Gasteiger partial charge < -0.3 is 9.88 Å². The molecule has 4 nitrogen and oxygen atoms in total. The average molecular weight is 383 g/mol. The number of nitrogens with one attached hydrogen (secondary N) is 1. The smallest absolute Gasteiger partial charge is 0.252 e. The molecule has 1 aromatic heterocycles. The molecule has 0 aliphatic rings. The van der Waals surface area contributed by atoms with Crippen LogP contribution in [0, 0.1) is 13.8 Å². The van der Waals surface area contributed by atoms with Crippen molar-refractivity contribution in [2.24, 2.45) is 0 Å². The quantitative estimate of drug-likeness (QED) is 0.515. The first-order valence-electron chi connectivity index (χ1n) is 9.90. The summed E-state index contributed by atoms with van der Waals surface area (Å²) in [7, 11) is 0. The fraction of sp³-hybridized carbons (Fsp3) is 0.200. The Labute approximate surface area is 171 Å². The summed E-state index contributed by atoms with van der Waals surface area (Å²) in [6.07, 6.45) is 0. The summed E-state index contributed by atoms with van der Waals surface area (Å²) in [5.41, 5.74) is 6.11. The second-order valence-electron chi connectivity index (χ2n) is 7.54. The fourth-order valence-electron chi connectivity index (χ4n) is 3.63. The summed E-state index contributed by atoms with van der Waals surface area (Å²) >= 11 is 0. The zero-order chi connectivity index (χ0) is 20.4.